The maximum Gasteiger partial charge on any atom is 0.275 e. The second-order valence-electron chi connectivity index (χ2n) is 5.08. The third-order valence-electron chi connectivity index (χ3n) is 3.28. The number of non-ortho nitro benzene ring substituents is 1. The molecule has 3 rings (SSSR count). The Morgan fingerprint density at radius 3 is 2.40 bits per heavy atom. The number of aromatic nitrogens is 1. The maximum atomic E-state index is 12.2. The van der Waals surface area contributed by atoms with Gasteiger partial charge >= 0.3 is 0 Å². The Hall–Kier alpha value is -3.74. The first-order valence-corrected chi connectivity index (χ1v) is 7.35. The summed E-state index contributed by atoms with van der Waals surface area (Å²) >= 11 is 0. The second kappa shape index (κ2) is 7.22. The van der Waals surface area contributed by atoms with E-state index >= 15 is 0 Å². The molecule has 0 radical (unpaired) electrons. The number of nitrogens with zero attached hydrogens (tertiary/aromatic N) is 2. The molecule has 0 unspecified atom stereocenters. The van der Waals surface area contributed by atoms with E-state index in [9.17, 15) is 14.9 Å². The van der Waals surface area contributed by atoms with E-state index in [1.807, 2.05) is 6.07 Å². The van der Waals surface area contributed by atoms with E-state index in [2.05, 4.69) is 10.3 Å². The van der Waals surface area contributed by atoms with E-state index < -0.39 is 10.8 Å². The number of hydrogen-bond acceptors (Lipinski definition) is 5. The van der Waals surface area contributed by atoms with Crippen LogP contribution in [0.3, 0.4) is 0 Å². The Balaban J connectivity index is 1.88. The van der Waals surface area contributed by atoms with Gasteiger partial charge in [0.1, 0.15) is 11.5 Å². The van der Waals surface area contributed by atoms with Gasteiger partial charge in [-0.1, -0.05) is 18.2 Å². The summed E-state index contributed by atoms with van der Waals surface area (Å²) in [4.78, 5) is 26.7. The van der Waals surface area contributed by atoms with E-state index in [-0.39, 0.29) is 17.1 Å². The van der Waals surface area contributed by atoms with Gasteiger partial charge in [0, 0.05) is 30.1 Å². The Bertz CT molecular complexity index is 899. The van der Waals surface area contributed by atoms with Crippen LogP contribution in [0.15, 0.2) is 73.1 Å². The molecule has 25 heavy (non-hydrogen) atoms. The van der Waals surface area contributed by atoms with Crippen molar-refractivity contribution in [3.63, 3.8) is 0 Å². The van der Waals surface area contributed by atoms with Gasteiger partial charge in [-0.3, -0.25) is 19.9 Å². The third-order valence-corrected chi connectivity index (χ3v) is 3.28. The summed E-state index contributed by atoms with van der Waals surface area (Å²) < 4.78 is 5.63. The number of carbonyl (C=O) groups is 1. The fourth-order valence-electron chi connectivity index (χ4n) is 2.15. The molecule has 7 nitrogen and oxygen atoms in total. The molecule has 0 bridgehead atoms. The molecule has 2 aromatic carbocycles. The van der Waals surface area contributed by atoms with Gasteiger partial charge in [0.15, 0.2) is 0 Å². The van der Waals surface area contributed by atoms with Crippen molar-refractivity contribution in [2.45, 2.75) is 0 Å². The van der Waals surface area contributed by atoms with Crippen molar-refractivity contribution >= 4 is 17.3 Å². The zero-order valence-electron chi connectivity index (χ0n) is 13.0. The lowest BCUT2D eigenvalue weighted by atomic mass is 10.2. The number of nitrogens with one attached hydrogen (secondary N) is 1. The molecule has 0 aliphatic carbocycles. The maximum absolute atomic E-state index is 12.2. The fourth-order valence-corrected chi connectivity index (χ4v) is 2.15. The smallest absolute Gasteiger partial charge is 0.275 e. The first-order valence-electron chi connectivity index (χ1n) is 7.35. The lowest BCUT2D eigenvalue weighted by Gasteiger charge is -2.09. The normalized spacial score (nSPS) is 10.1. The van der Waals surface area contributed by atoms with Crippen LogP contribution in [0.4, 0.5) is 11.4 Å². The van der Waals surface area contributed by atoms with E-state index in [0.29, 0.717) is 11.3 Å². The van der Waals surface area contributed by atoms with Crippen LogP contribution in [0, 0.1) is 10.1 Å². The average Bonchev–Trinajstić information content (AvgIpc) is 2.63. The Morgan fingerprint density at radius 2 is 1.72 bits per heavy atom. The van der Waals surface area contributed by atoms with Crippen LogP contribution in [-0.2, 0) is 0 Å². The highest BCUT2D eigenvalue weighted by molar-refractivity contribution is 6.04. The van der Waals surface area contributed by atoms with Crippen LogP contribution in [0.5, 0.6) is 11.5 Å². The minimum absolute atomic E-state index is 0.182. The summed E-state index contributed by atoms with van der Waals surface area (Å²) in [5, 5.41) is 13.8. The molecule has 0 saturated heterocycles. The largest absolute Gasteiger partial charge is 0.457 e. The summed E-state index contributed by atoms with van der Waals surface area (Å²) in [7, 11) is 0. The number of ether oxygens (including phenoxy) is 1. The van der Waals surface area contributed by atoms with Gasteiger partial charge in [0.2, 0.25) is 0 Å². The van der Waals surface area contributed by atoms with Gasteiger partial charge < -0.3 is 10.1 Å². The highest BCUT2D eigenvalue weighted by Crippen LogP contribution is 2.29. The number of amides is 1. The molecule has 1 N–H and O–H groups in total. The van der Waals surface area contributed by atoms with E-state index in [1.54, 1.807) is 36.4 Å². The van der Waals surface area contributed by atoms with E-state index in [1.165, 1.54) is 30.6 Å². The number of nitro groups is 1. The van der Waals surface area contributed by atoms with Crippen LogP contribution >= 0.6 is 0 Å². The van der Waals surface area contributed by atoms with Crippen LogP contribution in [-0.4, -0.2) is 15.8 Å². The fraction of sp³-hybridized carbons (Fsp3) is 0. The SMILES string of the molecule is O=C(Nc1cc(Oc2ccccc2)cc([N+](=O)[O-])c1)c1ccncc1. The van der Waals surface area contributed by atoms with E-state index in [4.69, 9.17) is 4.74 Å². The van der Waals surface area contributed by atoms with Crippen molar-refractivity contribution in [2.75, 3.05) is 5.32 Å². The number of hydrogen-bond donors (Lipinski definition) is 1. The molecule has 7 heteroatoms. The minimum atomic E-state index is -0.542. The van der Waals surface area contributed by atoms with Gasteiger partial charge in [0.05, 0.1) is 16.7 Å². The highest BCUT2D eigenvalue weighted by atomic mass is 16.6. The zero-order valence-corrected chi connectivity index (χ0v) is 13.0. The lowest BCUT2D eigenvalue weighted by molar-refractivity contribution is -0.384. The topological polar surface area (TPSA) is 94.4 Å². The third kappa shape index (κ3) is 4.17. The summed E-state index contributed by atoms with van der Waals surface area (Å²) in [5.74, 6) is 0.397. The molecule has 1 amide bonds. The molecule has 0 aliphatic rings. The van der Waals surface area contributed by atoms with Crippen molar-refractivity contribution in [1.29, 1.82) is 0 Å². The molecule has 1 heterocycles. The predicted octanol–water partition coefficient (Wildman–Crippen LogP) is 4.03. The molecule has 0 saturated carbocycles. The molecule has 0 fully saturated rings. The molecule has 0 atom stereocenters. The molecule has 124 valence electrons. The van der Waals surface area contributed by atoms with Gasteiger partial charge in [0.25, 0.3) is 11.6 Å². The summed E-state index contributed by atoms with van der Waals surface area (Å²) in [6.07, 6.45) is 2.98. The number of nitro benzene ring substituents is 1. The van der Waals surface area contributed by atoms with Crippen molar-refractivity contribution < 1.29 is 14.5 Å². The number of anilines is 1. The Morgan fingerprint density at radius 1 is 1.00 bits per heavy atom. The monoisotopic (exact) mass is 335 g/mol. The molecule has 1 aromatic heterocycles. The van der Waals surface area contributed by atoms with Crippen LogP contribution in [0.1, 0.15) is 10.4 Å². The first-order chi connectivity index (χ1) is 12.1. The molecular formula is C18H13N3O4. The Kier molecular flexibility index (Phi) is 4.66. The predicted molar refractivity (Wildman–Crippen MR) is 91.8 cm³/mol. The van der Waals surface area contributed by atoms with E-state index in [0.717, 1.165) is 0 Å². The summed E-state index contributed by atoms with van der Waals surface area (Å²) in [6.45, 7) is 0. The number of rotatable bonds is 5. The van der Waals surface area contributed by atoms with Crippen molar-refractivity contribution in [1.82, 2.24) is 4.98 Å². The van der Waals surface area contributed by atoms with Gasteiger partial charge in [-0.2, -0.15) is 0 Å². The molecule has 0 spiro atoms. The second-order valence-corrected chi connectivity index (χ2v) is 5.08. The standard InChI is InChI=1S/C18H13N3O4/c22-18(13-6-8-19-9-7-13)20-14-10-15(21(23)24)12-17(11-14)25-16-4-2-1-3-5-16/h1-12H,(H,20,22). The van der Waals surface area contributed by atoms with Gasteiger partial charge in [-0.15, -0.1) is 0 Å². The van der Waals surface area contributed by atoms with Gasteiger partial charge in [-0.05, 0) is 24.3 Å². The van der Waals surface area contributed by atoms with Crippen molar-refractivity contribution in [3.8, 4) is 11.5 Å². The van der Waals surface area contributed by atoms with Gasteiger partial charge in [-0.25, -0.2) is 0 Å². The number of carbonyl (C=O) groups excluding carboxylic acids is 1. The van der Waals surface area contributed by atoms with Crippen molar-refractivity contribution in [3.05, 3.63) is 88.7 Å². The average molecular weight is 335 g/mol. The van der Waals surface area contributed by atoms with Crippen molar-refractivity contribution in [2.24, 2.45) is 0 Å². The highest BCUT2D eigenvalue weighted by Gasteiger charge is 2.14. The molecule has 3 aromatic rings. The number of para-hydroxylation sites is 1. The summed E-state index contributed by atoms with van der Waals surface area (Å²) in [6, 6.07) is 16.1. The Labute approximate surface area is 143 Å². The number of benzene rings is 2. The minimum Gasteiger partial charge on any atom is -0.457 e. The zero-order chi connectivity index (χ0) is 17.6. The molecular weight excluding hydrogens is 322 g/mol. The van der Waals surface area contributed by atoms with Crippen LogP contribution in [0.25, 0.3) is 0 Å². The quantitative estimate of drug-likeness (QED) is 0.561. The first kappa shape index (κ1) is 16.1. The number of pyridine rings is 1. The van der Waals surface area contributed by atoms with Crippen LogP contribution < -0.4 is 10.1 Å². The van der Waals surface area contributed by atoms with Crippen LogP contribution in [0.2, 0.25) is 0 Å². The lowest BCUT2D eigenvalue weighted by Crippen LogP contribution is -2.12. The summed E-state index contributed by atoms with van der Waals surface area (Å²) in [5.41, 5.74) is 0.479. The molecule has 0 aliphatic heterocycles.